The second-order valence-electron chi connectivity index (χ2n) is 7.54. The Morgan fingerprint density at radius 2 is 1.21 bits per heavy atom. The Morgan fingerprint density at radius 1 is 0.706 bits per heavy atom. The van der Waals surface area contributed by atoms with E-state index >= 15 is 4.39 Å². The average molecular weight is 464 g/mol. The van der Waals surface area contributed by atoms with Gasteiger partial charge in [-0.3, -0.25) is 0 Å². The van der Waals surface area contributed by atoms with Gasteiger partial charge in [0.15, 0.2) is 0 Å². The molecule has 0 N–H and O–H groups in total. The fraction of sp³-hybridized carbons (Fsp3) is 0.111. The predicted octanol–water partition coefficient (Wildman–Crippen LogP) is 6.27. The van der Waals surface area contributed by atoms with Gasteiger partial charge in [0.1, 0.15) is 28.9 Å². The second-order valence-corrected chi connectivity index (χ2v) is 7.54. The Kier molecular flexibility index (Phi) is 7.26. The molecule has 0 aliphatic rings. The summed E-state index contributed by atoms with van der Waals surface area (Å²) in [5.41, 5.74) is 1.48. The third kappa shape index (κ3) is 5.38. The minimum Gasteiger partial charge on any atom is -0.496 e. The molecule has 0 amide bonds. The van der Waals surface area contributed by atoms with Crippen LogP contribution in [0.4, 0.5) is 8.78 Å². The topological polar surface area (TPSA) is 61.8 Å². The van der Waals surface area contributed by atoms with Crippen molar-refractivity contribution in [1.29, 1.82) is 0 Å². The molecule has 7 heteroatoms. The number of benzene rings is 3. The molecule has 0 fully saturated rings. The van der Waals surface area contributed by atoms with E-state index in [1.54, 1.807) is 12.1 Å². The number of hydrogen-bond donors (Lipinski definition) is 0. The molecule has 0 saturated carbocycles. The Morgan fingerprint density at radius 3 is 1.71 bits per heavy atom. The molecule has 3 aromatic rings. The lowest BCUT2D eigenvalue weighted by atomic mass is 9.98. The number of rotatable bonds is 7. The van der Waals surface area contributed by atoms with Crippen molar-refractivity contribution >= 4 is 11.9 Å². The second kappa shape index (κ2) is 10.1. The van der Waals surface area contributed by atoms with Crippen molar-refractivity contribution in [3.05, 3.63) is 90.5 Å². The first kappa shape index (κ1) is 24.4. The van der Waals surface area contributed by atoms with E-state index in [2.05, 4.69) is 13.2 Å². The fourth-order valence-corrected chi connectivity index (χ4v) is 3.04. The highest BCUT2D eigenvalue weighted by Crippen LogP contribution is 2.37. The van der Waals surface area contributed by atoms with Crippen LogP contribution in [0.5, 0.6) is 17.2 Å². The van der Waals surface area contributed by atoms with E-state index in [0.29, 0.717) is 11.1 Å². The van der Waals surface area contributed by atoms with E-state index in [-0.39, 0.29) is 39.5 Å². The van der Waals surface area contributed by atoms with Gasteiger partial charge in [-0.25, -0.2) is 18.4 Å². The van der Waals surface area contributed by atoms with Crippen LogP contribution in [0, 0.1) is 11.6 Å². The summed E-state index contributed by atoms with van der Waals surface area (Å²) in [7, 11) is 1.41. The van der Waals surface area contributed by atoms with Crippen LogP contribution in [-0.2, 0) is 9.59 Å². The lowest BCUT2D eigenvalue weighted by Crippen LogP contribution is -2.08. The van der Waals surface area contributed by atoms with E-state index in [9.17, 15) is 14.0 Å². The van der Waals surface area contributed by atoms with Gasteiger partial charge >= 0.3 is 11.9 Å². The van der Waals surface area contributed by atoms with Gasteiger partial charge in [0.05, 0.1) is 7.11 Å². The molecule has 3 rings (SSSR count). The number of esters is 2. The summed E-state index contributed by atoms with van der Waals surface area (Å²) < 4.78 is 45.3. The summed E-state index contributed by atoms with van der Waals surface area (Å²) in [4.78, 5) is 23.4. The maximum Gasteiger partial charge on any atom is 0.338 e. The molecule has 0 spiro atoms. The molecule has 0 saturated heterocycles. The van der Waals surface area contributed by atoms with Crippen molar-refractivity contribution in [2.45, 2.75) is 13.8 Å². The molecule has 0 aromatic heterocycles. The fourth-order valence-electron chi connectivity index (χ4n) is 3.04. The smallest absolute Gasteiger partial charge is 0.338 e. The Bertz CT molecular complexity index is 1310. The van der Waals surface area contributed by atoms with Gasteiger partial charge in [-0.05, 0) is 49.7 Å². The summed E-state index contributed by atoms with van der Waals surface area (Å²) in [5.74, 6) is -2.03. The van der Waals surface area contributed by atoms with E-state index in [4.69, 9.17) is 14.2 Å². The van der Waals surface area contributed by atoms with Crippen LogP contribution in [-0.4, -0.2) is 19.0 Å². The van der Waals surface area contributed by atoms with Crippen LogP contribution < -0.4 is 14.2 Å². The maximum atomic E-state index is 15.1. The molecule has 0 atom stereocenters. The molecule has 0 aliphatic carbocycles. The maximum absolute atomic E-state index is 15.1. The van der Waals surface area contributed by atoms with Crippen LogP contribution in [0.25, 0.3) is 22.3 Å². The lowest BCUT2D eigenvalue weighted by molar-refractivity contribution is -0.130. The van der Waals surface area contributed by atoms with Gasteiger partial charge in [-0.15, -0.1) is 0 Å². The first-order valence-electron chi connectivity index (χ1n) is 10.1. The number of hydrogen-bond acceptors (Lipinski definition) is 5. The van der Waals surface area contributed by atoms with Crippen LogP contribution in [0.15, 0.2) is 78.9 Å². The Hall–Kier alpha value is -4.26. The Balaban J connectivity index is 1.91. The molecule has 0 bridgehead atoms. The van der Waals surface area contributed by atoms with Crippen molar-refractivity contribution in [2.75, 3.05) is 7.11 Å². The number of carbonyl (C=O) groups excluding carboxylic acids is 2. The highest BCUT2D eigenvalue weighted by atomic mass is 19.1. The van der Waals surface area contributed by atoms with Crippen LogP contribution in [0.3, 0.4) is 0 Å². The molecule has 0 aliphatic heterocycles. The summed E-state index contributed by atoms with van der Waals surface area (Å²) in [6.07, 6.45) is 0. The van der Waals surface area contributed by atoms with Crippen LogP contribution >= 0.6 is 0 Å². The molecule has 5 nitrogen and oxygen atoms in total. The molecule has 3 aromatic carbocycles. The van der Waals surface area contributed by atoms with Gasteiger partial charge in [0, 0.05) is 40.0 Å². The van der Waals surface area contributed by atoms with E-state index in [1.165, 1.54) is 57.4 Å². The summed E-state index contributed by atoms with van der Waals surface area (Å²) in [6, 6.07) is 12.7. The standard InChI is InChI=1S/C27H22F2O5/c1-15(2)26(30)33-18-7-10-20(24(29)13-18)17-6-9-21(23(28)12-17)22-11-8-19(14-25(22)32-5)34-27(31)16(3)4/h6-14H,1,3H2,2,4-5H3. The average Bonchev–Trinajstić information content (AvgIpc) is 2.79. The molecule has 0 unspecified atom stereocenters. The van der Waals surface area contributed by atoms with Gasteiger partial charge in [0.2, 0.25) is 0 Å². The summed E-state index contributed by atoms with van der Waals surface area (Å²) >= 11 is 0. The third-order valence-electron chi connectivity index (χ3n) is 4.80. The number of ether oxygens (including phenoxy) is 3. The van der Waals surface area contributed by atoms with Crippen molar-refractivity contribution in [1.82, 2.24) is 0 Å². The zero-order valence-corrected chi connectivity index (χ0v) is 18.9. The Labute approximate surface area is 195 Å². The minimum atomic E-state index is -0.680. The van der Waals surface area contributed by atoms with Gasteiger partial charge in [-0.2, -0.15) is 0 Å². The molecule has 0 radical (unpaired) electrons. The highest BCUT2D eigenvalue weighted by molar-refractivity contribution is 5.89. The third-order valence-corrected chi connectivity index (χ3v) is 4.80. The zero-order valence-electron chi connectivity index (χ0n) is 18.9. The lowest BCUT2D eigenvalue weighted by Gasteiger charge is -2.13. The van der Waals surface area contributed by atoms with Crippen molar-refractivity contribution in [3.8, 4) is 39.5 Å². The largest absolute Gasteiger partial charge is 0.496 e. The predicted molar refractivity (Wildman–Crippen MR) is 125 cm³/mol. The minimum absolute atomic E-state index is 0.0171. The zero-order chi connectivity index (χ0) is 25.0. The molecule has 34 heavy (non-hydrogen) atoms. The normalized spacial score (nSPS) is 10.4. The number of carbonyl (C=O) groups is 2. The molecular weight excluding hydrogens is 442 g/mol. The summed E-state index contributed by atoms with van der Waals surface area (Å²) in [6.45, 7) is 10.0. The number of methoxy groups -OCH3 is 1. The summed E-state index contributed by atoms with van der Waals surface area (Å²) in [5, 5.41) is 0. The monoisotopic (exact) mass is 464 g/mol. The van der Waals surface area contributed by atoms with Crippen molar-refractivity contribution in [3.63, 3.8) is 0 Å². The SMILES string of the molecule is C=C(C)C(=O)Oc1ccc(-c2ccc(-c3ccc(OC(=O)C(=C)C)cc3OC)c(F)c2)c(F)c1. The van der Waals surface area contributed by atoms with Crippen LogP contribution in [0.2, 0.25) is 0 Å². The quantitative estimate of drug-likeness (QED) is 0.234. The van der Waals surface area contributed by atoms with Gasteiger partial charge in [-0.1, -0.05) is 25.3 Å². The molecular formula is C27H22F2O5. The van der Waals surface area contributed by atoms with E-state index in [0.717, 1.165) is 6.07 Å². The molecule has 0 heterocycles. The molecule has 174 valence electrons. The van der Waals surface area contributed by atoms with E-state index < -0.39 is 23.6 Å². The first-order valence-corrected chi connectivity index (χ1v) is 10.1. The van der Waals surface area contributed by atoms with Gasteiger partial charge in [0.25, 0.3) is 0 Å². The van der Waals surface area contributed by atoms with Crippen molar-refractivity contribution in [2.24, 2.45) is 0 Å². The van der Waals surface area contributed by atoms with E-state index in [1.807, 2.05) is 0 Å². The van der Waals surface area contributed by atoms with Crippen LogP contribution in [0.1, 0.15) is 13.8 Å². The highest BCUT2D eigenvalue weighted by Gasteiger charge is 2.16. The first-order chi connectivity index (χ1) is 16.1. The van der Waals surface area contributed by atoms with Crippen molar-refractivity contribution < 1.29 is 32.6 Å². The van der Waals surface area contributed by atoms with Gasteiger partial charge < -0.3 is 14.2 Å². The number of halogens is 2.